The van der Waals surface area contributed by atoms with Crippen LogP contribution in [0.15, 0.2) is 48.5 Å². The highest BCUT2D eigenvalue weighted by atomic mass is 35.5. The second-order valence-electron chi connectivity index (χ2n) is 10.6. The highest BCUT2D eigenvalue weighted by Crippen LogP contribution is 2.42. The molecule has 192 valence electrons. The molecule has 0 unspecified atom stereocenters. The zero-order chi connectivity index (χ0) is 25.1. The Labute approximate surface area is 218 Å². The van der Waals surface area contributed by atoms with Gasteiger partial charge < -0.3 is 19.9 Å². The van der Waals surface area contributed by atoms with Gasteiger partial charge in [0, 0.05) is 30.6 Å². The van der Waals surface area contributed by atoms with Crippen molar-refractivity contribution < 1.29 is 14.3 Å². The molecule has 0 bridgehead atoms. The lowest BCUT2D eigenvalue weighted by Crippen LogP contribution is -2.45. The largest absolute Gasteiger partial charge is 0.497 e. The van der Waals surface area contributed by atoms with Gasteiger partial charge in [0.1, 0.15) is 5.75 Å². The molecule has 2 heterocycles. The fourth-order valence-electron chi connectivity index (χ4n) is 5.66. The van der Waals surface area contributed by atoms with Crippen molar-refractivity contribution >= 4 is 23.4 Å². The van der Waals surface area contributed by atoms with Crippen LogP contribution < -0.4 is 10.1 Å². The standard InChI is InChI=1S/C29H36ClN3O3/c1-36-25-9-5-21(6-10-25)20-33-18-14-29(28(33)35)12-16-32(17-13-29)15-11-26(31-27(34)22-7-8-22)23-3-2-4-24(30)19-23/h2-6,9-10,19,22,26H,7-8,11-18,20H2,1H3,(H,31,34)/t26-/m0/s1. The maximum atomic E-state index is 13.4. The lowest BCUT2D eigenvalue weighted by atomic mass is 9.77. The summed E-state index contributed by atoms with van der Waals surface area (Å²) in [5.74, 6) is 1.48. The number of likely N-dealkylation sites (tertiary alicyclic amines) is 2. The summed E-state index contributed by atoms with van der Waals surface area (Å²) in [7, 11) is 1.66. The van der Waals surface area contributed by atoms with Gasteiger partial charge in [0.05, 0.1) is 18.6 Å². The summed E-state index contributed by atoms with van der Waals surface area (Å²) in [6, 6.07) is 15.8. The van der Waals surface area contributed by atoms with Crippen LogP contribution >= 0.6 is 11.6 Å². The number of nitrogens with zero attached hydrogens (tertiary/aromatic N) is 2. The van der Waals surface area contributed by atoms with E-state index in [1.54, 1.807) is 7.11 Å². The highest BCUT2D eigenvalue weighted by molar-refractivity contribution is 6.30. The van der Waals surface area contributed by atoms with Gasteiger partial charge in [-0.25, -0.2) is 0 Å². The molecule has 36 heavy (non-hydrogen) atoms. The second-order valence-corrected chi connectivity index (χ2v) is 11.1. The summed E-state index contributed by atoms with van der Waals surface area (Å²) >= 11 is 6.24. The van der Waals surface area contributed by atoms with Gasteiger partial charge in [-0.1, -0.05) is 35.9 Å². The van der Waals surface area contributed by atoms with Crippen LogP contribution in [0.2, 0.25) is 5.02 Å². The minimum Gasteiger partial charge on any atom is -0.497 e. The number of hydrogen-bond donors (Lipinski definition) is 1. The van der Waals surface area contributed by atoms with Gasteiger partial charge in [0.25, 0.3) is 0 Å². The van der Waals surface area contributed by atoms with Gasteiger partial charge in [-0.3, -0.25) is 9.59 Å². The van der Waals surface area contributed by atoms with E-state index in [2.05, 4.69) is 10.2 Å². The van der Waals surface area contributed by atoms with Crippen LogP contribution in [0.4, 0.5) is 0 Å². The Bertz CT molecular complexity index is 1080. The monoisotopic (exact) mass is 509 g/mol. The van der Waals surface area contributed by atoms with Crippen LogP contribution in [0.5, 0.6) is 5.75 Å². The van der Waals surface area contributed by atoms with Crippen molar-refractivity contribution in [3.63, 3.8) is 0 Å². The normalized spacial score (nSPS) is 20.5. The molecule has 2 aromatic rings. The van der Waals surface area contributed by atoms with Gasteiger partial charge in [-0.15, -0.1) is 0 Å². The number of hydrogen-bond acceptors (Lipinski definition) is 4. The number of halogens is 1. The molecular formula is C29H36ClN3O3. The average Bonchev–Trinajstić information content (AvgIpc) is 3.71. The maximum absolute atomic E-state index is 13.4. The Kier molecular flexibility index (Phi) is 7.54. The van der Waals surface area contributed by atoms with E-state index in [0.717, 1.165) is 81.6 Å². The molecule has 0 aromatic heterocycles. The van der Waals surface area contributed by atoms with Crippen molar-refractivity contribution in [3.8, 4) is 5.75 Å². The number of rotatable bonds is 9. The molecule has 1 atom stereocenters. The summed E-state index contributed by atoms with van der Waals surface area (Å²) in [5, 5.41) is 3.95. The fourth-order valence-corrected chi connectivity index (χ4v) is 5.85. The molecule has 3 aliphatic rings. The first-order valence-corrected chi connectivity index (χ1v) is 13.5. The van der Waals surface area contributed by atoms with Gasteiger partial charge in [0.2, 0.25) is 11.8 Å². The van der Waals surface area contributed by atoms with Crippen LogP contribution in [0.3, 0.4) is 0 Å². The van der Waals surface area contributed by atoms with E-state index in [-0.39, 0.29) is 23.3 Å². The van der Waals surface area contributed by atoms with E-state index < -0.39 is 0 Å². The molecule has 6 nitrogen and oxygen atoms in total. The van der Waals surface area contributed by atoms with E-state index in [9.17, 15) is 9.59 Å². The van der Waals surface area contributed by atoms with Gasteiger partial charge in [-0.05, 0) is 87.0 Å². The van der Waals surface area contributed by atoms with Crippen LogP contribution in [0.1, 0.15) is 55.7 Å². The Hall–Kier alpha value is -2.57. The number of carbonyl (C=O) groups is 2. The van der Waals surface area contributed by atoms with Crippen molar-refractivity contribution in [3.05, 3.63) is 64.7 Å². The Morgan fingerprint density at radius 1 is 1.11 bits per heavy atom. The molecule has 2 aliphatic heterocycles. The van der Waals surface area contributed by atoms with E-state index in [4.69, 9.17) is 16.3 Å². The van der Waals surface area contributed by atoms with Crippen molar-refractivity contribution in [2.45, 2.75) is 51.1 Å². The smallest absolute Gasteiger partial charge is 0.229 e. The summed E-state index contributed by atoms with van der Waals surface area (Å²) in [4.78, 5) is 30.4. The zero-order valence-corrected chi connectivity index (χ0v) is 21.8. The number of ether oxygens (including phenoxy) is 1. The van der Waals surface area contributed by atoms with Crippen molar-refractivity contribution in [1.29, 1.82) is 0 Å². The quantitative estimate of drug-likeness (QED) is 0.526. The molecule has 1 spiro atoms. The molecule has 3 fully saturated rings. The van der Waals surface area contributed by atoms with Gasteiger partial charge >= 0.3 is 0 Å². The molecule has 2 aromatic carbocycles. The fraction of sp³-hybridized carbons (Fsp3) is 0.517. The van der Waals surface area contributed by atoms with Gasteiger partial charge in [0.15, 0.2) is 0 Å². The number of nitrogens with one attached hydrogen (secondary N) is 1. The lowest BCUT2D eigenvalue weighted by Gasteiger charge is -2.38. The van der Waals surface area contributed by atoms with E-state index >= 15 is 0 Å². The molecule has 1 N–H and O–H groups in total. The molecule has 2 saturated heterocycles. The third-order valence-corrected chi connectivity index (χ3v) is 8.43. The highest BCUT2D eigenvalue weighted by Gasteiger charge is 2.47. The third kappa shape index (κ3) is 5.70. The minimum atomic E-state index is -0.213. The first-order valence-electron chi connectivity index (χ1n) is 13.2. The summed E-state index contributed by atoms with van der Waals surface area (Å²) in [5.41, 5.74) is 1.99. The first-order chi connectivity index (χ1) is 17.5. The predicted molar refractivity (Wildman–Crippen MR) is 141 cm³/mol. The van der Waals surface area contributed by atoms with E-state index in [1.165, 1.54) is 0 Å². The molecular weight excluding hydrogens is 474 g/mol. The number of amides is 2. The van der Waals surface area contributed by atoms with Crippen molar-refractivity contribution in [2.24, 2.45) is 11.3 Å². The summed E-state index contributed by atoms with van der Waals surface area (Å²) in [6.45, 7) is 4.22. The number of methoxy groups -OCH3 is 1. The Balaban J connectivity index is 1.15. The van der Waals surface area contributed by atoms with Crippen LogP contribution in [-0.4, -0.2) is 54.9 Å². The zero-order valence-electron chi connectivity index (χ0n) is 21.0. The minimum absolute atomic E-state index is 0.0409. The maximum Gasteiger partial charge on any atom is 0.229 e. The number of carbonyl (C=O) groups excluding carboxylic acids is 2. The van der Waals surface area contributed by atoms with Crippen molar-refractivity contribution in [1.82, 2.24) is 15.1 Å². The third-order valence-electron chi connectivity index (χ3n) is 8.20. The molecule has 1 aliphatic carbocycles. The predicted octanol–water partition coefficient (Wildman–Crippen LogP) is 4.82. The van der Waals surface area contributed by atoms with Crippen LogP contribution in [-0.2, 0) is 16.1 Å². The molecule has 5 rings (SSSR count). The summed E-state index contributed by atoms with van der Waals surface area (Å²) in [6.07, 6.45) is 5.57. The Morgan fingerprint density at radius 2 is 1.83 bits per heavy atom. The van der Waals surface area contributed by atoms with Crippen LogP contribution in [0, 0.1) is 11.3 Å². The number of benzene rings is 2. The average molecular weight is 510 g/mol. The Morgan fingerprint density at radius 3 is 2.50 bits per heavy atom. The van der Waals surface area contributed by atoms with Crippen molar-refractivity contribution in [2.75, 3.05) is 33.3 Å². The number of piperidine rings is 1. The van der Waals surface area contributed by atoms with E-state index in [0.29, 0.717) is 17.5 Å². The van der Waals surface area contributed by atoms with Crippen LogP contribution in [0.25, 0.3) is 0 Å². The van der Waals surface area contributed by atoms with E-state index in [1.807, 2.05) is 53.4 Å². The SMILES string of the molecule is COc1ccc(CN2CCC3(CCN(CC[C@H](NC(=O)C4CC4)c4cccc(Cl)c4)CC3)C2=O)cc1. The lowest BCUT2D eigenvalue weighted by molar-refractivity contribution is -0.139. The molecule has 0 radical (unpaired) electrons. The topological polar surface area (TPSA) is 61.9 Å². The van der Waals surface area contributed by atoms with Gasteiger partial charge in [-0.2, -0.15) is 0 Å². The molecule has 7 heteroatoms. The molecule has 2 amide bonds. The molecule has 1 saturated carbocycles. The summed E-state index contributed by atoms with van der Waals surface area (Å²) < 4.78 is 5.25. The second kappa shape index (κ2) is 10.8. The first kappa shape index (κ1) is 25.1.